The monoisotopic (exact) mass is 340 g/mol. The van der Waals surface area contributed by atoms with Crippen LogP contribution in [0.3, 0.4) is 0 Å². The lowest BCUT2D eigenvalue weighted by atomic mass is 9.99. The maximum Gasteiger partial charge on any atom is 0.0349 e. The number of rotatable bonds is 3. The van der Waals surface area contributed by atoms with Crippen LogP contribution in [0, 0.1) is 13.8 Å². The molecule has 0 fully saturated rings. The smallest absolute Gasteiger partial charge is 0.0349 e. The summed E-state index contributed by atoms with van der Waals surface area (Å²) in [4.78, 5) is 2.62. The molecule has 4 rings (SSSR count). The summed E-state index contributed by atoms with van der Waals surface area (Å²) in [5.41, 5.74) is 7.79. The van der Waals surface area contributed by atoms with E-state index in [2.05, 4.69) is 98.8 Å². The van der Waals surface area contributed by atoms with E-state index in [4.69, 9.17) is 0 Å². The van der Waals surface area contributed by atoms with Gasteiger partial charge in [-0.25, -0.2) is 0 Å². The van der Waals surface area contributed by atoms with Crippen LogP contribution in [0.25, 0.3) is 32.0 Å². The molecule has 0 saturated carbocycles. The average molecular weight is 340 g/mol. The van der Waals surface area contributed by atoms with Crippen molar-refractivity contribution in [1.82, 2.24) is 0 Å². The van der Waals surface area contributed by atoms with Gasteiger partial charge in [0.25, 0.3) is 0 Å². The van der Waals surface area contributed by atoms with Crippen molar-refractivity contribution in [3.05, 3.63) is 96.1 Å². The first-order valence-electron chi connectivity index (χ1n) is 8.54. The van der Waals surface area contributed by atoms with E-state index in [1.807, 2.05) is 11.3 Å². The highest BCUT2D eigenvalue weighted by Gasteiger charge is 2.06. The van der Waals surface area contributed by atoms with Crippen LogP contribution in [0.5, 0.6) is 0 Å². The minimum Gasteiger partial charge on any atom is -0.135 e. The molecule has 0 nitrogen and oxygen atoms in total. The average Bonchev–Trinajstić information content (AvgIpc) is 3.15. The van der Waals surface area contributed by atoms with Crippen molar-refractivity contribution in [2.24, 2.45) is 0 Å². The molecule has 3 aromatic carbocycles. The summed E-state index contributed by atoms with van der Waals surface area (Å²) < 4.78 is 0. The van der Waals surface area contributed by atoms with Crippen molar-refractivity contribution in [3.63, 3.8) is 0 Å². The Bertz CT molecular complexity index is 992. The van der Waals surface area contributed by atoms with E-state index in [0.717, 1.165) is 0 Å². The third kappa shape index (κ3) is 3.29. The van der Waals surface area contributed by atoms with Crippen molar-refractivity contribution in [2.45, 2.75) is 13.8 Å². The lowest BCUT2D eigenvalue weighted by molar-refractivity contribution is 1.34. The number of hydrogen-bond donors (Lipinski definition) is 0. The highest BCUT2D eigenvalue weighted by atomic mass is 32.1. The predicted molar refractivity (Wildman–Crippen MR) is 110 cm³/mol. The normalized spacial score (nSPS) is 10.8. The van der Waals surface area contributed by atoms with Gasteiger partial charge >= 0.3 is 0 Å². The van der Waals surface area contributed by atoms with Crippen molar-refractivity contribution in [1.29, 1.82) is 0 Å². The lowest BCUT2D eigenvalue weighted by Gasteiger charge is -2.06. The topological polar surface area (TPSA) is 0 Å². The molecule has 0 aliphatic heterocycles. The van der Waals surface area contributed by atoms with Gasteiger partial charge in [-0.15, -0.1) is 11.3 Å². The molecule has 0 spiro atoms. The van der Waals surface area contributed by atoms with Gasteiger partial charge in [0.05, 0.1) is 0 Å². The van der Waals surface area contributed by atoms with Gasteiger partial charge in [0.1, 0.15) is 0 Å². The predicted octanol–water partition coefficient (Wildman–Crippen LogP) is 7.37. The molecule has 1 heteroatoms. The van der Waals surface area contributed by atoms with E-state index in [1.165, 1.54) is 43.1 Å². The minimum absolute atomic E-state index is 1.27. The lowest BCUT2D eigenvalue weighted by Crippen LogP contribution is -1.83. The van der Waals surface area contributed by atoms with Crippen LogP contribution >= 0.6 is 11.3 Å². The summed E-state index contributed by atoms with van der Waals surface area (Å²) in [6, 6.07) is 30.6. The molecule has 0 N–H and O–H groups in total. The van der Waals surface area contributed by atoms with Crippen LogP contribution in [0.1, 0.15) is 11.1 Å². The fraction of sp³-hybridized carbons (Fsp3) is 0.0833. The Hall–Kier alpha value is -2.64. The molecule has 0 aliphatic carbocycles. The molecule has 4 aromatic rings. The summed E-state index contributed by atoms with van der Waals surface area (Å²) in [5.74, 6) is 0. The maximum absolute atomic E-state index is 2.27. The Morgan fingerprint density at radius 2 is 1.04 bits per heavy atom. The molecule has 0 aliphatic rings. The highest BCUT2D eigenvalue weighted by Crippen LogP contribution is 2.35. The van der Waals surface area contributed by atoms with Crippen LogP contribution < -0.4 is 0 Å². The van der Waals surface area contributed by atoms with E-state index in [9.17, 15) is 0 Å². The molecule has 0 unspecified atom stereocenters. The van der Waals surface area contributed by atoms with Crippen molar-refractivity contribution in [3.8, 4) is 32.0 Å². The number of hydrogen-bond acceptors (Lipinski definition) is 1. The van der Waals surface area contributed by atoms with Crippen LogP contribution in [-0.4, -0.2) is 0 Å². The fourth-order valence-electron chi connectivity index (χ4n) is 3.00. The number of benzene rings is 3. The van der Waals surface area contributed by atoms with Gasteiger partial charge in [-0.05, 0) is 59.4 Å². The first-order valence-corrected chi connectivity index (χ1v) is 9.36. The van der Waals surface area contributed by atoms with Gasteiger partial charge in [0.15, 0.2) is 0 Å². The van der Waals surface area contributed by atoms with E-state index >= 15 is 0 Å². The van der Waals surface area contributed by atoms with Crippen molar-refractivity contribution < 1.29 is 0 Å². The zero-order valence-corrected chi connectivity index (χ0v) is 15.3. The van der Waals surface area contributed by atoms with Gasteiger partial charge in [-0.2, -0.15) is 0 Å². The summed E-state index contributed by atoms with van der Waals surface area (Å²) in [6.07, 6.45) is 0. The van der Waals surface area contributed by atoms with E-state index < -0.39 is 0 Å². The maximum atomic E-state index is 2.27. The largest absolute Gasteiger partial charge is 0.135 e. The Morgan fingerprint density at radius 1 is 0.480 bits per heavy atom. The molecule has 0 atom stereocenters. The van der Waals surface area contributed by atoms with E-state index in [-0.39, 0.29) is 0 Å². The molecule has 122 valence electrons. The quantitative estimate of drug-likeness (QED) is 0.365. The standard InChI is InChI=1S/C24H20S/c1-17-8-9-22(16-18(17)2)19-10-12-21(13-11-19)24-15-14-23(25-24)20-6-4-3-5-7-20/h3-16H,1-2H3. The third-order valence-corrected chi connectivity index (χ3v) is 5.86. The van der Waals surface area contributed by atoms with Crippen molar-refractivity contribution in [2.75, 3.05) is 0 Å². The Kier molecular flexibility index (Phi) is 4.25. The van der Waals surface area contributed by atoms with Gasteiger partial charge in [-0.1, -0.05) is 72.8 Å². The van der Waals surface area contributed by atoms with Gasteiger partial charge in [0, 0.05) is 9.75 Å². The summed E-state index contributed by atoms with van der Waals surface area (Å²) in [6.45, 7) is 4.33. The zero-order chi connectivity index (χ0) is 17.2. The molecule has 0 radical (unpaired) electrons. The molecule has 0 saturated heterocycles. The SMILES string of the molecule is Cc1ccc(-c2ccc(-c3ccc(-c4ccccc4)s3)cc2)cc1C. The van der Waals surface area contributed by atoms with Crippen LogP contribution in [0.15, 0.2) is 84.9 Å². The molecule has 0 amide bonds. The van der Waals surface area contributed by atoms with E-state index in [1.54, 1.807) is 0 Å². The minimum atomic E-state index is 1.27. The van der Waals surface area contributed by atoms with Gasteiger partial charge < -0.3 is 0 Å². The summed E-state index contributed by atoms with van der Waals surface area (Å²) >= 11 is 1.85. The third-order valence-electron chi connectivity index (χ3n) is 4.67. The molecule has 25 heavy (non-hydrogen) atoms. The Balaban J connectivity index is 1.62. The zero-order valence-electron chi connectivity index (χ0n) is 14.5. The Morgan fingerprint density at radius 3 is 1.68 bits per heavy atom. The fourth-order valence-corrected chi connectivity index (χ4v) is 4.02. The second-order valence-electron chi connectivity index (χ2n) is 6.41. The van der Waals surface area contributed by atoms with Crippen LogP contribution in [-0.2, 0) is 0 Å². The van der Waals surface area contributed by atoms with Gasteiger partial charge in [-0.3, -0.25) is 0 Å². The number of aryl methyl sites for hydroxylation is 2. The molecule has 1 aromatic heterocycles. The Labute approximate surface area is 153 Å². The summed E-state index contributed by atoms with van der Waals surface area (Å²) in [7, 11) is 0. The van der Waals surface area contributed by atoms with Crippen molar-refractivity contribution >= 4 is 11.3 Å². The van der Waals surface area contributed by atoms with Crippen LogP contribution in [0.4, 0.5) is 0 Å². The molecule has 1 heterocycles. The molecular weight excluding hydrogens is 320 g/mol. The van der Waals surface area contributed by atoms with Gasteiger partial charge in [0.2, 0.25) is 0 Å². The summed E-state index contributed by atoms with van der Waals surface area (Å²) in [5, 5.41) is 0. The second kappa shape index (κ2) is 6.70. The first kappa shape index (κ1) is 15.9. The molecular formula is C24H20S. The molecule has 0 bridgehead atoms. The highest BCUT2D eigenvalue weighted by molar-refractivity contribution is 7.18. The van der Waals surface area contributed by atoms with Crippen LogP contribution in [0.2, 0.25) is 0 Å². The van der Waals surface area contributed by atoms with E-state index in [0.29, 0.717) is 0 Å². The number of thiophene rings is 1. The second-order valence-corrected chi connectivity index (χ2v) is 7.49. The first-order chi connectivity index (χ1) is 12.2.